The number of nitrogens with zero attached hydrogens (tertiary/aromatic N) is 5. The first-order valence-electron chi connectivity index (χ1n) is 7.45. The first kappa shape index (κ1) is 17.3. The molecule has 2 heterocycles. The number of hydrogen-bond acceptors (Lipinski definition) is 6. The van der Waals surface area contributed by atoms with Crippen molar-refractivity contribution in [2.75, 3.05) is 23.3 Å². The maximum absolute atomic E-state index is 5.88. The van der Waals surface area contributed by atoms with Crippen LogP contribution in [0.2, 0.25) is 5.15 Å². The molecule has 0 fully saturated rings. The first-order chi connectivity index (χ1) is 11.7. The highest BCUT2D eigenvalue weighted by Crippen LogP contribution is 2.29. The number of alkyl halides is 1. The van der Waals surface area contributed by atoms with Gasteiger partial charge >= 0.3 is 0 Å². The number of pyridine rings is 1. The van der Waals surface area contributed by atoms with Gasteiger partial charge < -0.3 is 4.90 Å². The van der Waals surface area contributed by atoms with E-state index >= 15 is 0 Å². The normalized spacial score (nSPS) is 11.5. The van der Waals surface area contributed by atoms with Crippen LogP contribution in [0.5, 0.6) is 0 Å². The molecule has 3 rings (SSSR count). The molecule has 0 amide bonds. The summed E-state index contributed by atoms with van der Waals surface area (Å²) in [5.41, 5.74) is 2.75. The van der Waals surface area contributed by atoms with Crippen LogP contribution < -0.4 is 4.90 Å². The second kappa shape index (κ2) is 8.00. The van der Waals surface area contributed by atoms with Crippen molar-refractivity contribution in [2.45, 2.75) is 6.92 Å². The molecule has 0 aliphatic heterocycles. The van der Waals surface area contributed by atoms with E-state index in [0.717, 1.165) is 34.5 Å². The molecule has 0 aliphatic rings. The van der Waals surface area contributed by atoms with Crippen molar-refractivity contribution in [3.63, 3.8) is 0 Å². The Bertz CT molecular complexity index is 849. The van der Waals surface area contributed by atoms with Gasteiger partial charge in [0.15, 0.2) is 0 Å². The van der Waals surface area contributed by atoms with Crippen LogP contribution in [0.1, 0.15) is 6.92 Å². The Morgan fingerprint density at radius 2 is 1.92 bits per heavy atom. The van der Waals surface area contributed by atoms with Gasteiger partial charge in [0.05, 0.1) is 5.69 Å². The van der Waals surface area contributed by atoms with E-state index in [1.54, 1.807) is 6.07 Å². The van der Waals surface area contributed by atoms with Gasteiger partial charge in [0, 0.05) is 24.1 Å². The molecular formula is C16H15BrClN5S. The highest BCUT2D eigenvalue weighted by Gasteiger charge is 2.05. The van der Waals surface area contributed by atoms with Crippen molar-refractivity contribution in [1.29, 1.82) is 0 Å². The number of benzene rings is 1. The molecule has 1 aromatic carbocycles. The summed E-state index contributed by atoms with van der Waals surface area (Å²) in [6.45, 7) is 4.08. The summed E-state index contributed by atoms with van der Waals surface area (Å²) < 4.78 is 0. The quantitative estimate of drug-likeness (QED) is 0.278. The molecule has 0 aliphatic carbocycles. The van der Waals surface area contributed by atoms with Gasteiger partial charge in [-0.2, -0.15) is 0 Å². The molecule has 0 radical (unpaired) electrons. The Balaban J connectivity index is 1.75. The lowest BCUT2D eigenvalue weighted by Gasteiger charge is -2.21. The Hall–Kier alpha value is -1.57. The van der Waals surface area contributed by atoms with E-state index in [4.69, 9.17) is 11.6 Å². The molecule has 0 saturated carbocycles. The van der Waals surface area contributed by atoms with Crippen LogP contribution in [0, 0.1) is 0 Å². The monoisotopic (exact) mass is 423 g/mol. The number of hydrogen-bond donors (Lipinski definition) is 0. The highest BCUT2D eigenvalue weighted by molar-refractivity contribution is 9.09. The van der Waals surface area contributed by atoms with Crippen LogP contribution in [0.25, 0.3) is 10.3 Å². The SMILES string of the molecule is CCN(CCBr)c1ccc(N=Nc2nc3ccc(Cl)nc3s2)cc1. The zero-order valence-corrected chi connectivity index (χ0v) is 16.1. The molecule has 0 spiro atoms. The van der Waals surface area contributed by atoms with E-state index in [1.165, 1.54) is 17.0 Å². The molecule has 2 aromatic heterocycles. The molecule has 0 N–H and O–H groups in total. The topological polar surface area (TPSA) is 53.7 Å². The maximum Gasteiger partial charge on any atom is 0.232 e. The van der Waals surface area contributed by atoms with Gasteiger partial charge in [0.2, 0.25) is 5.13 Å². The van der Waals surface area contributed by atoms with Gasteiger partial charge in [-0.05, 0) is 43.3 Å². The van der Waals surface area contributed by atoms with Crippen LogP contribution in [0.15, 0.2) is 46.6 Å². The second-order valence-corrected chi connectivity index (χ2v) is 7.08. The first-order valence-corrected chi connectivity index (χ1v) is 9.77. The molecular weight excluding hydrogens is 410 g/mol. The van der Waals surface area contributed by atoms with E-state index in [0.29, 0.717) is 10.3 Å². The Morgan fingerprint density at radius 1 is 1.12 bits per heavy atom. The van der Waals surface area contributed by atoms with Gasteiger partial charge in [-0.3, -0.25) is 0 Å². The predicted molar refractivity (Wildman–Crippen MR) is 105 cm³/mol. The van der Waals surface area contributed by atoms with Crippen molar-refractivity contribution in [2.24, 2.45) is 10.2 Å². The molecule has 124 valence electrons. The molecule has 3 aromatic rings. The predicted octanol–water partition coefficient (Wildman–Crippen LogP) is 5.98. The largest absolute Gasteiger partial charge is 0.371 e. The third-order valence-corrected chi connectivity index (χ3v) is 4.83. The standard InChI is InChI=1S/C16H15BrClN5S/c1-2-23(10-9-17)12-5-3-11(4-6-12)21-22-16-19-13-7-8-14(18)20-15(13)24-16/h3-8H,2,9-10H2,1H3. The summed E-state index contributed by atoms with van der Waals surface area (Å²) in [6, 6.07) is 11.6. The molecule has 0 atom stereocenters. The summed E-state index contributed by atoms with van der Waals surface area (Å²) in [5, 5.41) is 10.4. The molecule has 0 unspecified atom stereocenters. The lowest BCUT2D eigenvalue weighted by molar-refractivity contribution is 0.875. The van der Waals surface area contributed by atoms with Gasteiger partial charge in [-0.15, -0.1) is 10.2 Å². The number of anilines is 1. The number of rotatable bonds is 6. The molecule has 8 heteroatoms. The van der Waals surface area contributed by atoms with E-state index in [2.05, 4.69) is 60.1 Å². The zero-order chi connectivity index (χ0) is 16.9. The summed E-state index contributed by atoms with van der Waals surface area (Å²) in [4.78, 5) is 11.6. The molecule has 5 nitrogen and oxygen atoms in total. The van der Waals surface area contributed by atoms with Crippen LogP contribution >= 0.6 is 38.9 Å². The summed E-state index contributed by atoms with van der Waals surface area (Å²) in [7, 11) is 0. The average Bonchev–Trinajstić information content (AvgIpc) is 3.00. The van der Waals surface area contributed by atoms with Crippen LogP contribution in [0.3, 0.4) is 0 Å². The smallest absolute Gasteiger partial charge is 0.232 e. The summed E-state index contributed by atoms with van der Waals surface area (Å²) in [6.07, 6.45) is 0. The Morgan fingerprint density at radius 3 is 2.62 bits per heavy atom. The fraction of sp³-hybridized carbons (Fsp3) is 0.250. The minimum absolute atomic E-state index is 0.453. The highest BCUT2D eigenvalue weighted by atomic mass is 79.9. The second-order valence-electron chi connectivity index (χ2n) is 4.94. The van der Waals surface area contributed by atoms with Gasteiger partial charge in [-0.1, -0.05) is 38.9 Å². The molecule has 0 saturated heterocycles. The third kappa shape index (κ3) is 4.09. The maximum atomic E-state index is 5.88. The molecule has 0 bridgehead atoms. The Kier molecular flexibility index (Phi) is 5.76. The number of halogens is 2. The van der Waals surface area contributed by atoms with E-state index < -0.39 is 0 Å². The lowest BCUT2D eigenvalue weighted by Crippen LogP contribution is -2.24. The zero-order valence-electron chi connectivity index (χ0n) is 13.0. The van der Waals surface area contributed by atoms with Gasteiger partial charge in [-0.25, -0.2) is 9.97 Å². The van der Waals surface area contributed by atoms with Crippen LogP contribution in [-0.2, 0) is 0 Å². The number of aromatic nitrogens is 2. The van der Waals surface area contributed by atoms with Gasteiger partial charge in [0.1, 0.15) is 15.5 Å². The van der Waals surface area contributed by atoms with Crippen molar-refractivity contribution in [1.82, 2.24) is 9.97 Å². The van der Waals surface area contributed by atoms with E-state index in [1.807, 2.05) is 18.2 Å². The van der Waals surface area contributed by atoms with E-state index in [9.17, 15) is 0 Å². The number of fused-ring (bicyclic) bond motifs is 1. The van der Waals surface area contributed by atoms with Crippen molar-refractivity contribution < 1.29 is 0 Å². The minimum atomic E-state index is 0.453. The fourth-order valence-corrected chi connectivity index (χ4v) is 3.61. The summed E-state index contributed by atoms with van der Waals surface area (Å²) >= 11 is 10.7. The minimum Gasteiger partial charge on any atom is -0.371 e. The van der Waals surface area contributed by atoms with Crippen molar-refractivity contribution in [3.05, 3.63) is 41.6 Å². The average molecular weight is 425 g/mol. The Labute approximate surface area is 157 Å². The fourth-order valence-electron chi connectivity index (χ4n) is 2.23. The third-order valence-electron chi connectivity index (χ3n) is 3.41. The molecule has 24 heavy (non-hydrogen) atoms. The van der Waals surface area contributed by atoms with Crippen molar-refractivity contribution in [3.8, 4) is 0 Å². The number of azo groups is 1. The number of thiazole rings is 1. The van der Waals surface area contributed by atoms with Crippen LogP contribution in [0.4, 0.5) is 16.5 Å². The lowest BCUT2D eigenvalue weighted by atomic mass is 10.2. The van der Waals surface area contributed by atoms with Crippen molar-refractivity contribution >= 4 is 65.7 Å². The van der Waals surface area contributed by atoms with E-state index in [-0.39, 0.29) is 0 Å². The van der Waals surface area contributed by atoms with Gasteiger partial charge in [0.25, 0.3) is 0 Å². The van der Waals surface area contributed by atoms with Crippen LogP contribution in [-0.4, -0.2) is 28.4 Å². The summed E-state index contributed by atoms with van der Waals surface area (Å²) in [5.74, 6) is 0.